The van der Waals surface area contributed by atoms with E-state index < -0.39 is 15.1 Å². The molecule has 0 bridgehead atoms. The van der Waals surface area contributed by atoms with Crippen LogP contribution in [0.25, 0.3) is 0 Å². The molecule has 0 heterocycles. The molecule has 0 aromatic heterocycles. The van der Waals surface area contributed by atoms with Crippen molar-refractivity contribution in [3.63, 3.8) is 0 Å². The van der Waals surface area contributed by atoms with Crippen LogP contribution in [0.15, 0.2) is 0 Å². The van der Waals surface area contributed by atoms with Gasteiger partial charge in [0.25, 0.3) is 0 Å². The van der Waals surface area contributed by atoms with E-state index in [2.05, 4.69) is 13.8 Å². The summed E-state index contributed by atoms with van der Waals surface area (Å²) in [6.45, 7) is 7.95. The first kappa shape index (κ1) is 17.6. The lowest BCUT2D eigenvalue weighted by Gasteiger charge is -2.16. The first-order valence-corrected chi connectivity index (χ1v) is 8.34. The molecule has 0 spiro atoms. The van der Waals surface area contributed by atoms with Crippen molar-refractivity contribution in [1.29, 1.82) is 0 Å². The monoisotopic (exact) mass is 277 g/mol. The molecule has 0 aromatic rings. The van der Waals surface area contributed by atoms with Crippen molar-refractivity contribution in [2.24, 2.45) is 17.6 Å². The largest absolute Gasteiger partial charge is 0.330 e. The number of ketones is 1. The van der Waals surface area contributed by atoms with Gasteiger partial charge in [-0.05, 0) is 38.6 Å². The minimum atomic E-state index is -3.11. The third-order valence-electron chi connectivity index (χ3n) is 3.04. The smallest absolute Gasteiger partial charge is 0.153 e. The van der Waals surface area contributed by atoms with Crippen molar-refractivity contribution in [1.82, 2.24) is 0 Å². The molecule has 0 fully saturated rings. The van der Waals surface area contributed by atoms with Crippen LogP contribution in [-0.2, 0) is 14.6 Å². The number of carbonyl (C=O) groups excluding carboxylic acids is 1. The topological polar surface area (TPSA) is 77.2 Å². The normalized spacial score (nSPS) is 14.2. The Bertz CT molecular complexity index is 347. The van der Waals surface area contributed by atoms with Crippen molar-refractivity contribution < 1.29 is 13.2 Å². The van der Waals surface area contributed by atoms with Crippen LogP contribution in [0.1, 0.15) is 47.0 Å². The maximum Gasteiger partial charge on any atom is 0.153 e. The summed E-state index contributed by atoms with van der Waals surface area (Å²) in [6, 6.07) is 0. The minimum Gasteiger partial charge on any atom is -0.330 e. The SMILES string of the molecule is CC(C)CC(CN)CC(=O)CCS(=O)(=O)C(C)C. The van der Waals surface area contributed by atoms with E-state index in [1.165, 1.54) is 0 Å². The second-order valence-corrected chi connectivity index (χ2v) is 8.32. The average molecular weight is 277 g/mol. The Balaban J connectivity index is 4.19. The molecule has 0 amide bonds. The lowest BCUT2D eigenvalue weighted by atomic mass is 9.92. The van der Waals surface area contributed by atoms with E-state index >= 15 is 0 Å². The van der Waals surface area contributed by atoms with Crippen LogP contribution in [0, 0.1) is 11.8 Å². The quantitative estimate of drug-likeness (QED) is 0.697. The van der Waals surface area contributed by atoms with Gasteiger partial charge in [-0.3, -0.25) is 4.79 Å². The highest BCUT2D eigenvalue weighted by molar-refractivity contribution is 7.91. The number of hydrogen-bond acceptors (Lipinski definition) is 4. The molecule has 0 saturated heterocycles. The highest BCUT2D eigenvalue weighted by atomic mass is 32.2. The van der Waals surface area contributed by atoms with Crippen LogP contribution in [0.2, 0.25) is 0 Å². The van der Waals surface area contributed by atoms with Gasteiger partial charge in [0, 0.05) is 12.8 Å². The van der Waals surface area contributed by atoms with Crippen molar-refractivity contribution in [2.45, 2.75) is 52.2 Å². The molecular formula is C13H27NO3S. The summed E-state index contributed by atoms with van der Waals surface area (Å²) < 4.78 is 23.2. The summed E-state index contributed by atoms with van der Waals surface area (Å²) in [6.07, 6.45) is 1.44. The molecule has 0 aliphatic rings. The average Bonchev–Trinajstić information content (AvgIpc) is 2.24. The maximum atomic E-state index is 11.7. The zero-order valence-corrected chi connectivity index (χ0v) is 12.8. The zero-order valence-electron chi connectivity index (χ0n) is 12.0. The van der Waals surface area contributed by atoms with E-state index in [4.69, 9.17) is 5.73 Å². The van der Waals surface area contributed by atoms with Gasteiger partial charge in [0.15, 0.2) is 9.84 Å². The third-order valence-corrected chi connectivity index (χ3v) is 5.25. The number of carbonyl (C=O) groups is 1. The van der Waals surface area contributed by atoms with Gasteiger partial charge in [0.1, 0.15) is 5.78 Å². The van der Waals surface area contributed by atoms with E-state index in [0.717, 1.165) is 6.42 Å². The Morgan fingerprint density at radius 2 is 1.72 bits per heavy atom. The van der Waals surface area contributed by atoms with Crippen LogP contribution in [-0.4, -0.2) is 31.7 Å². The van der Waals surface area contributed by atoms with Gasteiger partial charge >= 0.3 is 0 Å². The van der Waals surface area contributed by atoms with Crippen molar-refractivity contribution in [3.8, 4) is 0 Å². The molecule has 0 rings (SSSR count). The number of Topliss-reactive ketones (excluding diaryl/α,β-unsaturated/α-hetero) is 1. The summed E-state index contributed by atoms with van der Waals surface area (Å²) in [5.74, 6) is 0.656. The molecule has 5 heteroatoms. The Hall–Kier alpha value is -0.420. The van der Waals surface area contributed by atoms with E-state index in [0.29, 0.717) is 18.9 Å². The van der Waals surface area contributed by atoms with Gasteiger partial charge in [-0.25, -0.2) is 8.42 Å². The number of rotatable bonds is 9. The van der Waals surface area contributed by atoms with Crippen LogP contribution >= 0.6 is 0 Å². The van der Waals surface area contributed by atoms with Crippen molar-refractivity contribution in [3.05, 3.63) is 0 Å². The molecule has 4 nitrogen and oxygen atoms in total. The Labute approximate surface area is 111 Å². The molecule has 108 valence electrons. The van der Waals surface area contributed by atoms with Crippen LogP contribution in [0.5, 0.6) is 0 Å². The minimum absolute atomic E-state index is 0.00956. The molecule has 18 heavy (non-hydrogen) atoms. The zero-order chi connectivity index (χ0) is 14.3. The predicted molar refractivity (Wildman–Crippen MR) is 75.2 cm³/mol. The summed E-state index contributed by atoms with van der Waals surface area (Å²) in [7, 11) is -3.11. The fourth-order valence-corrected chi connectivity index (χ4v) is 2.83. The Kier molecular flexibility index (Phi) is 7.71. The van der Waals surface area contributed by atoms with E-state index in [-0.39, 0.29) is 23.9 Å². The standard InChI is InChI=1S/C13H27NO3S/c1-10(2)7-12(9-14)8-13(15)5-6-18(16,17)11(3)4/h10-12H,5-9,14H2,1-4H3. The molecule has 0 aliphatic heterocycles. The van der Waals surface area contributed by atoms with Gasteiger partial charge in [0.05, 0.1) is 11.0 Å². The molecule has 0 radical (unpaired) electrons. The van der Waals surface area contributed by atoms with E-state index in [9.17, 15) is 13.2 Å². The second-order valence-electron chi connectivity index (χ2n) is 5.64. The molecule has 2 N–H and O–H groups in total. The van der Waals surface area contributed by atoms with Crippen LogP contribution < -0.4 is 5.73 Å². The predicted octanol–water partition coefficient (Wildman–Crippen LogP) is 1.78. The van der Waals surface area contributed by atoms with Crippen LogP contribution in [0.4, 0.5) is 0 Å². The first-order valence-electron chi connectivity index (χ1n) is 6.62. The molecule has 1 atom stereocenters. The summed E-state index contributed by atoms with van der Waals surface area (Å²) in [4.78, 5) is 11.7. The number of sulfone groups is 1. The Morgan fingerprint density at radius 1 is 1.17 bits per heavy atom. The lowest BCUT2D eigenvalue weighted by Crippen LogP contribution is -2.23. The van der Waals surface area contributed by atoms with Crippen molar-refractivity contribution >= 4 is 15.6 Å². The van der Waals surface area contributed by atoms with E-state index in [1.54, 1.807) is 13.8 Å². The highest BCUT2D eigenvalue weighted by Crippen LogP contribution is 2.16. The first-order chi connectivity index (χ1) is 8.19. The van der Waals surface area contributed by atoms with Gasteiger partial charge in [-0.2, -0.15) is 0 Å². The second kappa shape index (κ2) is 7.89. The molecule has 0 aliphatic carbocycles. The van der Waals surface area contributed by atoms with Crippen molar-refractivity contribution in [2.75, 3.05) is 12.3 Å². The molecule has 1 unspecified atom stereocenters. The summed E-state index contributed by atoms with van der Waals surface area (Å²) >= 11 is 0. The molecular weight excluding hydrogens is 250 g/mol. The maximum absolute atomic E-state index is 11.7. The molecule has 0 aromatic carbocycles. The van der Waals surface area contributed by atoms with Crippen LogP contribution in [0.3, 0.4) is 0 Å². The Morgan fingerprint density at radius 3 is 2.11 bits per heavy atom. The van der Waals surface area contributed by atoms with Gasteiger partial charge in [-0.15, -0.1) is 0 Å². The lowest BCUT2D eigenvalue weighted by molar-refractivity contribution is -0.119. The fraction of sp³-hybridized carbons (Fsp3) is 0.923. The van der Waals surface area contributed by atoms with Gasteiger partial charge < -0.3 is 5.73 Å². The van der Waals surface area contributed by atoms with Gasteiger partial charge in [0.2, 0.25) is 0 Å². The summed E-state index contributed by atoms with van der Waals surface area (Å²) in [5.41, 5.74) is 5.63. The number of hydrogen-bond donors (Lipinski definition) is 1. The van der Waals surface area contributed by atoms with E-state index in [1.807, 2.05) is 0 Å². The highest BCUT2D eigenvalue weighted by Gasteiger charge is 2.19. The van der Waals surface area contributed by atoms with Gasteiger partial charge in [-0.1, -0.05) is 13.8 Å². The fourth-order valence-electron chi connectivity index (χ4n) is 1.85. The third kappa shape index (κ3) is 7.11. The summed E-state index contributed by atoms with van der Waals surface area (Å²) in [5, 5.41) is -0.411. The molecule has 0 saturated carbocycles. The number of nitrogens with two attached hydrogens (primary N) is 1.